The minimum Gasteiger partial charge on any atom is -0.481 e. The van der Waals surface area contributed by atoms with Crippen molar-refractivity contribution in [2.24, 2.45) is 0 Å². The first-order valence-corrected chi connectivity index (χ1v) is 6.45. The highest BCUT2D eigenvalue weighted by Gasteiger charge is 2.23. The van der Waals surface area contributed by atoms with Gasteiger partial charge in [0, 0.05) is 18.3 Å². The molecule has 0 bridgehead atoms. The van der Waals surface area contributed by atoms with Crippen molar-refractivity contribution in [1.82, 2.24) is 14.8 Å². The summed E-state index contributed by atoms with van der Waals surface area (Å²) in [5.41, 5.74) is 1.14. The molecule has 0 amide bonds. The molecular formula is C13H16ClN3O2. The van der Waals surface area contributed by atoms with E-state index in [2.05, 4.69) is 10.1 Å². The van der Waals surface area contributed by atoms with Crippen molar-refractivity contribution in [1.29, 1.82) is 0 Å². The number of methoxy groups -OCH3 is 1. The molecule has 1 atom stereocenters. The summed E-state index contributed by atoms with van der Waals surface area (Å²) in [6.45, 7) is 2.73. The van der Waals surface area contributed by atoms with Gasteiger partial charge in [-0.05, 0) is 18.6 Å². The summed E-state index contributed by atoms with van der Waals surface area (Å²) >= 11 is 6.12. The van der Waals surface area contributed by atoms with E-state index in [4.69, 9.17) is 16.3 Å². The Morgan fingerprint density at radius 1 is 1.53 bits per heavy atom. The number of halogens is 1. The molecule has 0 fully saturated rings. The normalized spacial score (nSPS) is 12.4. The van der Waals surface area contributed by atoms with E-state index in [9.17, 15) is 5.11 Å². The zero-order valence-electron chi connectivity index (χ0n) is 10.9. The van der Waals surface area contributed by atoms with Crippen LogP contribution in [-0.4, -0.2) is 27.0 Å². The van der Waals surface area contributed by atoms with Crippen molar-refractivity contribution >= 4 is 11.6 Å². The molecule has 0 spiro atoms. The van der Waals surface area contributed by atoms with Gasteiger partial charge in [-0.2, -0.15) is 5.10 Å². The van der Waals surface area contributed by atoms with E-state index < -0.39 is 6.10 Å². The lowest BCUT2D eigenvalue weighted by molar-refractivity contribution is 0.201. The maximum atomic E-state index is 10.5. The van der Waals surface area contributed by atoms with E-state index in [0.717, 1.165) is 6.42 Å². The van der Waals surface area contributed by atoms with Crippen molar-refractivity contribution in [3.05, 3.63) is 40.8 Å². The van der Waals surface area contributed by atoms with Crippen LogP contribution in [0.4, 0.5) is 0 Å². The van der Waals surface area contributed by atoms with E-state index in [1.54, 1.807) is 29.2 Å². The van der Waals surface area contributed by atoms with Crippen LogP contribution >= 0.6 is 11.6 Å². The average molecular weight is 282 g/mol. The zero-order chi connectivity index (χ0) is 13.8. The second-order valence-corrected chi connectivity index (χ2v) is 4.51. The average Bonchev–Trinajstić information content (AvgIpc) is 2.79. The van der Waals surface area contributed by atoms with Crippen LogP contribution in [0.25, 0.3) is 0 Å². The van der Waals surface area contributed by atoms with E-state index >= 15 is 0 Å². The molecule has 2 rings (SSSR count). The second-order valence-electron chi connectivity index (χ2n) is 4.11. The minimum atomic E-state index is -0.912. The largest absolute Gasteiger partial charge is 0.481 e. The molecule has 6 heteroatoms. The highest BCUT2D eigenvalue weighted by molar-refractivity contribution is 6.31. The van der Waals surface area contributed by atoms with Gasteiger partial charge in [-0.25, -0.2) is 4.98 Å². The molecular weight excluding hydrogens is 266 g/mol. The quantitative estimate of drug-likeness (QED) is 0.914. The van der Waals surface area contributed by atoms with Crippen LogP contribution in [0.5, 0.6) is 5.88 Å². The number of hydrogen-bond acceptors (Lipinski definition) is 4. The Bertz CT molecular complexity index is 557. The van der Waals surface area contributed by atoms with Gasteiger partial charge in [0.1, 0.15) is 6.10 Å². The molecule has 19 heavy (non-hydrogen) atoms. The molecule has 2 aromatic heterocycles. The molecule has 0 aromatic carbocycles. The van der Waals surface area contributed by atoms with Gasteiger partial charge in [-0.1, -0.05) is 18.5 Å². The second kappa shape index (κ2) is 6.04. The van der Waals surface area contributed by atoms with Crippen LogP contribution in [-0.2, 0) is 6.54 Å². The summed E-state index contributed by atoms with van der Waals surface area (Å²) in [4.78, 5) is 4.08. The number of pyridine rings is 1. The van der Waals surface area contributed by atoms with Crippen LogP contribution < -0.4 is 4.74 Å². The van der Waals surface area contributed by atoms with Crippen LogP contribution in [0.3, 0.4) is 0 Å². The number of hydrogen-bond donors (Lipinski definition) is 1. The van der Waals surface area contributed by atoms with Crippen molar-refractivity contribution in [3.8, 4) is 5.88 Å². The Hall–Kier alpha value is -1.59. The van der Waals surface area contributed by atoms with Gasteiger partial charge in [-0.3, -0.25) is 4.68 Å². The lowest BCUT2D eigenvalue weighted by atomic mass is 10.1. The van der Waals surface area contributed by atoms with Crippen LogP contribution in [0.2, 0.25) is 5.02 Å². The summed E-state index contributed by atoms with van der Waals surface area (Å²) in [7, 11) is 1.52. The maximum Gasteiger partial charge on any atom is 0.219 e. The molecule has 0 aliphatic rings. The Labute approximate surface area is 116 Å². The first-order valence-electron chi connectivity index (χ1n) is 6.07. The van der Waals surface area contributed by atoms with Gasteiger partial charge < -0.3 is 9.84 Å². The number of aliphatic hydroxyl groups is 1. The van der Waals surface area contributed by atoms with Gasteiger partial charge in [-0.15, -0.1) is 0 Å². The molecule has 2 aromatic rings. The molecule has 5 nitrogen and oxygen atoms in total. The van der Waals surface area contributed by atoms with Gasteiger partial charge in [0.2, 0.25) is 5.88 Å². The predicted octanol–water partition coefficient (Wildman–Crippen LogP) is 2.43. The smallest absolute Gasteiger partial charge is 0.219 e. The topological polar surface area (TPSA) is 60.2 Å². The highest BCUT2D eigenvalue weighted by Crippen LogP contribution is 2.32. The Morgan fingerprint density at radius 3 is 3.00 bits per heavy atom. The van der Waals surface area contributed by atoms with Gasteiger partial charge in [0.25, 0.3) is 0 Å². The third kappa shape index (κ3) is 2.72. The van der Waals surface area contributed by atoms with Gasteiger partial charge >= 0.3 is 0 Å². The van der Waals surface area contributed by atoms with E-state index in [0.29, 0.717) is 28.7 Å². The van der Waals surface area contributed by atoms with Crippen LogP contribution in [0, 0.1) is 0 Å². The summed E-state index contributed by atoms with van der Waals surface area (Å²) < 4.78 is 6.87. The maximum absolute atomic E-state index is 10.5. The van der Waals surface area contributed by atoms with Crippen molar-refractivity contribution < 1.29 is 9.84 Å². The van der Waals surface area contributed by atoms with Crippen molar-refractivity contribution in [2.75, 3.05) is 7.11 Å². The van der Waals surface area contributed by atoms with Gasteiger partial charge in [0.15, 0.2) is 0 Å². The lowest BCUT2D eigenvalue weighted by Gasteiger charge is -2.16. The van der Waals surface area contributed by atoms with E-state index in [1.165, 1.54) is 7.11 Å². The SMILES string of the molecule is CCCn1ncc(Cl)c1C(O)c1cccnc1OC. The van der Waals surface area contributed by atoms with E-state index in [-0.39, 0.29) is 0 Å². The Kier molecular flexibility index (Phi) is 4.39. The monoisotopic (exact) mass is 281 g/mol. The standard InChI is InChI=1S/C13H16ClN3O2/c1-3-7-17-11(10(14)8-16-17)12(18)9-5-4-6-15-13(9)19-2/h4-6,8,12,18H,3,7H2,1-2H3. The molecule has 0 aliphatic heterocycles. The fraction of sp³-hybridized carbons (Fsp3) is 0.385. The fourth-order valence-corrected chi connectivity index (χ4v) is 2.21. The van der Waals surface area contributed by atoms with Crippen LogP contribution in [0.1, 0.15) is 30.7 Å². The number of aromatic nitrogens is 3. The molecule has 0 radical (unpaired) electrons. The molecule has 1 unspecified atom stereocenters. The summed E-state index contributed by atoms with van der Waals surface area (Å²) in [6.07, 6.45) is 3.14. The summed E-state index contributed by atoms with van der Waals surface area (Å²) in [5.74, 6) is 0.385. The molecule has 0 aliphatic carbocycles. The van der Waals surface area contributed by atoms with E-state index in [1.807, 2.05) is 6.92 Å². The molecule has 0 saturated carbocycles. The molecule has 1 N–H and O–H groups in total. The number of aryl methyl sites for hydroxylation is 1. The fourth-order valence-electron chi connectivity index (χ4n) is 1.96. The summed E-state index contributed by atoms with van der Waals surface area (Å²) in [6, 6.07) is 3.51. The number of nitrogens with zero attached hydrogens (tertiary/aromatic N) is 3. The van der Waals surface area contributed by atoms with Gasteiger partial charge in [0.05, 0.1) is 24.0 Å². The minimum absolute atomic E-state index is 0.385. The third-order valence-electron chi connectivity index (χ3n) is 2.82. The van der Waals surface area contributed by atoms with Crippen LogP contribution in [0.15, 0.2) is 24.5 Å². The lowest BCUT2D eigenvalue weighted by Crippen LogP contribution is -2.11. The first kappa shape index (κ1) is 13.8. The predicted molar refractivity (Wildman–Crippen MR) is 72.4 cm³/mol. The Balaban J connectivity index is 2.43. The molecule has 2 heterocycles. The highest BCUT2D eigenvalue weighted by atomic mass is 35.5. The molecule has 102 valence electrons. The summed E-state index contributed by atoms with van der Waals surface area (Å²) in [5, 5.41) is 15.1. The molecule has 0 saturated heterocycles. The van der Waals surface area contributed by atoms with Crippen molar-refractivity contribution in [3.63, 3.8) is 0 Å². The first-order chi connectivity index (χ1) is 9.19. The number of aliphatic hydroxyl groups excluding tert-OH is 1. The zero-order valence-corrected chi connectivity index (χ0v) is 11.6. The number of ether oxygens (including phenoxy) is 1. The van der Waals surface area contributed by atoms with Crippen molar-refractivity contribution in [2.45, 2.75) is 26.0 Å². The third-order valence-corrected chi connectivity index (χ3v) is 3.11. The Morgan fingerprint density at radius 2 is 2.32 bits per heavy atom. The number of rotatable bonds is 5.